The van der Waals surface area contributed by atoms with Gasteiger partial charge in [0.25, 0.3) is 10.0 Å². The third-order valence-electron chi connectivity index (χ3n) is 5.98. The molecule has 2 amide bonds. The molecule has 2 aliphatic rings. The van der Waals surface area contributed by atoms with E-state index in [1.807, 2.05) is 4.72 Å². The van der Waals surface area contributed by atoms with Gasteiger partial charge in [0.2, 0.25) is 0 Å². The number of benzene rings is 1. The molecule has 9 nitrogen and oxygen atoms in total. The maximum absolute atomic E-state index is 12.7. The lowest BCUT2D eigenvalue weighted by molar-refractivity contribution is 0.0695. The van der Waals surface area contributed by atoms with Crippen molar-refractivity contribution in [2.45, 2.75) is 63.0 Å². The number of nitriles is 1. The molecule has 2 aliphatic carbocycles. The van der Waals surface area contributed by atoms with Crippen LogP contribution in [0.25, 0.3) is 0 Å². The summed E-state index contributed by atoms with van der Waals surface area (Å²) >= 11 is 0. The number of amides is 2. The van der Waals surface area contributed by atoms with E-state index in [1.165, 1.54) is 31.6 Å². The number of hydrogen-bond donors (Lipinski definition) is 3. The lowest BCUT2D eigenvalue weighted by Crippen LogP contribution is -2.35. The summed E-state index contributed by atoms with van der Waals surface area (Å²) in [5, 5.41) is 26.1. The molecule has 4 rings (SSSR count). The maximum atomic E-state index is 12.7. The first kappa shape index (κ1) is 21.3. The molecule has 0 saturated carbocycles. The molecule has 1 aromatic carbocycles. The first-order valence-electron chi connectivity index (χ1n) is 10.2. The number of urea groups is 1. The van der Waals surface area contributed by atoms with E-state index in [0.29, 0.717) is 11.4 Å². The van der Waals surface area contributed by atoms with Crippen LogP contribution in [0.1, 0.15) is 60.2 Å². The van der Waals surface area contributed by atoms with E-state index in [2.05, 4.69) is 16.5 Å². The summed E-state index contributed by atoms with van der Waals surface area (Å²) < 4.78 is 28.7. The Hall–Kier alpha value is -2.90. The molecular formula is C21H25N5O4S. The van der Waals surface area contributed by atoms with Gasteiger partial charge < -0.3 is 10.4 Å². The highest BCUT2D eigenvalue weighted by atomic mass is 32.2. The number of sulfonamides is 1. The number of aliphatic hydroxyl groups is 1. The molecule has 1 aromatic heterocycles. The molecule has 10 heteroatoms. The Morgan fingerprint density at radius 1 is 1.16 bits per heavy atom. The summed E-state index contributed by atoms with van der Waals surface area (Å²) in [6.45, 7) is 3.04. The highest BCUT2D eigenvalue weighted by Crippen LogP contribution is 2.41. The highest BCUT2D eigenvalue weighted by molar-refractivity contribution is 7.90. The van der Waals surface area contributed by atoms with Crippen molar-refractivity contribution < 1.29 is 18.3 Å². The lowest BCUT2D eigenvalue weighted by atomic mass is 9.93. The van der Waals surface area contributed by atoms with Crippen molar-refractivity contribution in [2.24, 2.45) is 7.05 Å². The fourth-order valence-corrected chi connectivity index (χ4v) is 5.60. The Morgan fingerprint density at radius 3 is 2.19 bits per heavy atom. The minimum atomic E-state index is -4.24. The summed E-state index contributed by atoms with van der Waals surface area (Å²) in [5.74, 6) is 0. The van der Waals surface area contributed by atoms with Crippen LogP contribution in [-0.2, 0) is 48.4 Å². The van der Waals surface area contributed by atoms with Gasteiger partial charge in [-0.1, -0.05) is 0 Å². The van der Waals surface area contributed by atoms with E-state index >= 15 is 0 Å². The standard InChI is InChI=1S/C21H25N5O4S/c1-21(2,28)17-10-18(24-26(17)3)31(29,30)25-20(27)23-19-14-8-4-6-12(14)16(11-22)13-7-5-9-15(13)19/h10,28H,4-9H2,1-3H3,(H2,23,25,27). The number of nitrogens with one attached hydrogen (secondary N) is 2. The number of carbonyl (C=O) groups is 1. The van der Waals surface area contributed by atoms with E-state index in [-0.39, 0.29) is 5.03 Å². The monoisotopic (exact) mass is 443 g/mol. The first-order valence-corrected chi connectivity index (χ1v) is 11.7. The SMILES string of the molecule is Cn1nc(S(=O)(=O)NC(=O)Nc2c3c(c(C#N)c4c2CCC4)CCC3)cc1C(C)(C)O. The third kappa shape index (κ3) is 3.68. The Kier molecular flexibility index (Phi) is 5.06. The van der Waals surface area contributed by atoms with Crippen LogP contribution in [0.3, 0.4) is 0 Å². The smallest absolute Gasteiger partial charge is 0.333 e. The van der Waals surface area contributed by atoms with E-state index in [1.54, 1.807) is 0 Å². The van der Waals surface area contributed by atoms with Crippen LogP contribution in [0.5, 0.6) is 0 Å². The number of nitrogens with zero attached hydrogens (tertiary/aromatic N) is 3. The van der Waals surface area contributed by atoms with Gasteiger partial charge in [0, 0.05) is 18.8 Å². The van der Waals surface area contributed by atoms with Gasteiger partial charge in [-0.05, 0) is 74.6 Å². The number of anilines is 1. The molecule has 0 unspecified atom stereocenters. The Labute approximate surface area is 181 Å². The van der Waals surface area contributed by atoms with Crippen LogP contribution in [0.2, 0.25) is 0 Å². The molecule has 2 aromatic rings. The number of fused-ring (bicyclic) bond motifs is 2. The molecule has 1 heterocycles. The number of aromatic nitrogens is 2. The second-order valence-electron chi connectivity index (χ2n) is 8.59. The van der Waals surface area contributed by atoms with E-state index < -0.39 is 21.7 Å². The third-order valence-corrected chi connectivity index (χ3v) is 7.18. The van der Waals surface area contributed by atoms with Gasteiger partial charge in [0.15, 0.2) is 5.03 Å². The van der Waals surface area contributed by atoms with Crippen molar-refractivity contribution >= 4 is 21.7 Å². The average Bonchev–Trinajstić information content (AvgIpc) is 3.39. The predicted octanol–water partition coefficient (Wildman–Crippen LogP) is 2.01. The summed E-state index contributed by atoms with van der Waals surface area (Å²) in [7, 11) is -2.72. The number of hydrogen-bond acceptors (Lipinski definition) is 6. The average molecular weight is 444 g/mol. The normalized spacial score (nSPS) is 15.3. The molecule has 0 spiro atoms. The molecule has 0 fully saturated rings. The molecular weight excluding hydrogens is 418 g/mol. The van der Waals surface area contributed by atoms with Crippen molar-refractivity contribution in [1.82, 2.24) is 14.5 Å². The summed E-state index contributed by atoms with van der Waals surface area (Å²) in [6.07, 6.45) is 4.86. The van der Waals surface area contributed by atoms with E-state index in [0.717, 1.165) is 66.3 Å². The molecule has 164 valence electrons. The molecule has 31 heavy (non-hydrogen) atoms. The van der Waals surface area contributed by atoms with Gasteiger partial charge in [-0.3, -0.25) is 4.68 Å². The number of carbonyl (C=O) groups excluding carboxylic acids is 1. The predicted molar refractivity (Wildman–Crippen MR) is 113 cm³/mol. The van der Waals surface area contributed by atoms with Crippen molar-refractivity contribution in [3.05, 3.63) is 39.6 Å². The molecule has 0 bridgehead atoms. The van der Waals surface area contributed by atoms with E-state index in [4.69, 9.17) is 0 Å². The van der Waals surface area contributed by atoms with Gasteiger partial charge in [0.1, 0.15) is 5.60 Å². The largest absolute Gasteiger partial charge is 0.384 e. The lowest BCUT2D eigenvalue weighted by Gasteiger charge is -2.18. The second-order valence-corrected chi connectivity index (χ2v) is 10.2. The minimum absolute atomic E-state index is 0.302. The van der Waals surface area contributed by atoms with E-state index in [9.17, 15) is 23.6 Å². The van der Waals surface area contributed by atoms with Crippen LogP contribution in [0, 0.1) is 11.3 Å². The van der Waals surface area contributed by atoms with Gasteiger partial charge in [-0.25, -0.2) is 9.52 Å². The van der Waals surface area contributed by atoms with Crippen LogP contribution < -0.4 is 10.0 Å². The molecule has 3 N–H and O–H groups in total. The number of rotatable bonds is 4. The Bertz CT molecular complexity index is 1200. The minimum Gasteiger partial charge on any atom is -0.384 e. The zero-order valence-corrected chi connectivity index (χ0v) is 18.6. The fourth-order valence-electron chi connectivity index (χ4n) is 4.70. The topological polar surface area (TPSA) is 137 Å². The van der Waals surface area contributed by atoms with Crippen molar-refractivity contribution in [3.8, 4) is 6.07 Å². The van der Waals surface area contributed by atoms with Gasteiger partial charge in [0.05, 0.1) is 17.3 Å². The zero-order valence-electron chi connectivity index (χ0n) is 17.7. The first-order chi connectivity index (χ1) is 14.5. The summed E-state index contributed by atoms with van der Waals surface area (Å²) in [5.41, 5.74) is 4.20. The Balaban J connectivity index is 1.63. The van der Waals surface area contributed by atoms with Crippen LogP contribution in [0.15, 0.2) is 11.1 Å². The van der Waals surface area contributed by atoms with Crippen molar-refractivity contribution in [1.29, 1.82) is 5.26 Å². The Morgan fingerprint density at radius 2 is 1.71 bits per heavy atom. The summed E-state index contributed by atoms with van der Waals surface area (Å²) in [4.78, 5) is 12.7. The summed E-state index contributed by atoms with van der Waals surface area (Å²) in [6, 6.07) is 2.70. The molecule has 0 atom stereocenters. The van der Waals surface area contributed by atoms with Crippen LogP contribution in [0.4, 0.5) is 10.5 Å². The van der Waals surface area contributed by atoms with Crippen molar-refractivity contribution in [3.63, 3.8) is 0 Å². The molecule has 0 saturated heterocycles. The van der Waals surface area contributed by atoms with Gasteiger partial charge >= 0.3 is 6.03 Å². The molecule has 0 radical (unpaired) electrons. The van der Waals surface area contributed by atoms with Crippen LogP contribution in [-0.4, -0.2) is 29.3 Å². The highest BCUT2D eigenvalue weighted by Gasteiger charge is 2.31. The van der Waals surface area contributed by atoms with Gasteiger partial charge in [-0.15, -0.1) is 0 Å². The van der Waals surface area contributed by atoms with Gasteiger partial charge in [-0.2, -0.15) is 18.8 Å². The fraction of sp³-hybridized carbons (Fsp3) is 0.476. The zero-order chi connectivity index (χ0) is 22.6. The maximum Gasteiger partial charge on any atom is 0.333 e. The number of aryl methyl sites for hydroxylation is 1. The second kappa shape index (κ2) is 7.35. The van der Waals surface area contributed by atoms with Crippen LogP contribution >= 0.6 is 0 Å². The quantitative estimate of drug-likeness (QED) is 0.661. The van der Waals surface area contributed by atoms with Crippen molar-refractivity contribution in [2.75, 3.05) is 5.32 Å². The molecule has 0 aliphatic heterocycles.